The number of aromatic nitrogens is 2. The van der Waals surface area contributed by atoms with Crippen LogP contribution in [0.2, 0.25) is 0 Å². The minimum Gasteiger partial charge on any atom is -0.457 e. The molecule has 0 amide bonds. The highest BCUT2D eigenvalue weighted by atomic mass is 16.5. The molecule has 64 heavy (non-hydrogen) atoms. The number of hydrogen-bond acceptors (Lipinski definition) is 4. The minimum atomic E-state index is -0.207. The van der Waals surface area contributed by atoms with Gasteiger partial charge >= 0.3 is 0 Å². The van der Waals surface area contributed by atoms with Gasteiger partial charge in [-0.3, -0.25) is 4.57 Å². The Hall–Kier alpha value is -7.89. The number of benzene rings is 8. The van der Waals surface area contributed by atoms with E-state index in [4.69, 9.17) is 12.5 Å². The molecule has 0 unspecified atom stereocenters. The number of aryl methyl sites for hydroxylation is 1. The predicted molar refractivity (Wildman–Crippen MR) is 267 cm³/mol. The van der Waals surface area contributed by atoms with Crippen LogP contribution >= 0.6 is 0 Å². The Kier molecular flexibility index (Phi) is 8.80. The van der Waals surface area contributed by atoms with E-state index < -0.39 is 0 Å². The maximum atomic E-state index is 9.32. The van der Waals surface area contributed by atoms with E-state index in [-0.39, 0.29) is 29.3 Å². The number of hydrogen-bond donors (Lipinski definition) is 0. The van der Waals surface area contributed by atoms with Crippen LogP contribution in [-0.2, 0) is 5.41 Å². The molecule has 0 radical (unpaired) electrons. The van der Waals surface area contributed by atoms with Gasteiger partial charge in [-0.2, -0.15) is 0 Å². The van der Waals surface area contributed by atoms with Crippen LogP contribution in [0.15, 0.2) is 206 Å². The lowest BCUT2D eigenvalue weighted by atomic mass is 9.86. The van der Waals surface area contributed by atoms with Crippen LogP contribution in [0.1, 0.15) is 36.0 Å². The predicted octanol–water partition coefficient (Wildman–Crippen LogP) is 15.8. The van der Waals surface area contributed by atoms with E-state index in [1.165, 1.54) is 5.56 Å². The molecular weight excluding hydrogens is 781 g/mol. The Morgan fingerprint density at radius 1 is 0.547 bits per heavy atom. The van der Waals surface area contributed by atoms with Crippen LogP contribution in [0.5, 0.6) is 11.5 Å². The van der Waals surface area contributed by atoms with E-state index in [9.17, 15) is 1.37 Å². The van der Waals surface area contributed by atoms with Crippen molar-refractivity contribution < 1.29 is 8.85 Å². The molecule has 11 rings (SSSR count). The summed E-state index contributed by atoms with van der Waals surface area (Å²) in [4.78, 5) is 9.43. The van der Waals surface area contributed by atoms with Gasteiger partial charge in [0.15, 0.2) is 0 Å². The average molecular weight is 832 g/mol. The van der Waals surface area contributed by atoms with Crippen molar-refractivity contribution >= 4 is 44.6 Å². The largest absolute Gasteiger partial charge is 0.457 e. The smallest absolute Gasteiger partial charge is 0.137 e. The molecule has 10 aromatic rings. The second-order valence-corrected chi connectivity index (χ2v) is 17.5. The van der Waals surface area contributed by atoms with Gasteiger partial charge in [-0.05, 0) is 88.6 Å². The van der Waals surface area contributed by atoms with Crippen LogP contribution < -0.4 is 14.5 Å². The summed E-state index contributed by atoms with van der Waals surface area (Å²) >= 11 is 0. The van der Waals surface area contributed by atoms with Crippen molar-refractivity contribution in [1.29, 1.82) is 0 Å². The molecule has 1 aliphatic rings. The fraction of sp³-hybridized carbons (Fsp3) is 0.102. The summed E-state index contributed by atoms with van der Waals surface area (Å²) in [6.07, 6.45) is 1.96. The second kappa shape index (κ2) is 15.8. The van der Waals surface area contributed by atoms with E-state index in [0.29, 0.717) is 18.1 Å². The van der Waals surface area contributed by atoms with E-state index in [1.807, 2.05) is 54.7 Å². The van der Waals surface area contributed by atoms with Gasteiger partial charge in [0.05, 0.1) is 32.2 Å². The lowest BCUT2D eigenvalue weighted by molar-refractivity contribution is 0.483. The van der Waals surface area contributed by atoms with Crippen molar-refractivity contribution in [1.82, 2.24) is 9.55 Å². The Labute approximate surface area is 379 Å². The number of rotatable bonds is 8. The molecule has 310 valence electrons. The van der Waals surface area contributed by atoms with Crippen LogP contribution in [0.25, 0.3) is 61.0 Å². The molecule has 5 nitrogen and oxygen atoms in total. The molecule has 3 heterocycles. The summed E-state index contributed by atoms with van der Waals surface area (Å²) in [5.74, 6) is 1.49. The van der Waals surface area contributed by atoms with Gasteiger partial charge in [0, 0.05) is 51.5 Å². The molecular formula is C59H48N4O. The van der Waals surface area contributed by atoms with Crippen LogP contribution in [-0.4, -0.2) is 16.2 Å². The van der Waals surface area contributed by atoms with Gasteiger partial charge in [-0.15, -0.1) is 0 Å². The first-order valence-electron chi connectivity index (χ1n) is 23.3. The number of para-hydroxylation sites is 4. The minimum absolute atomic E-state index is 0.0424. The quantitative estimate of drug-likeness (QED) is 0.153. The van der Waals surface area contributed by atoms with Crippen molar-refractivity contribution in [2.24, 2.45) is 0 Å². The van der Waals surface area contributed by atoms with Gasteiger partial charge in [-0.1, -0.05) is 160 Å². The molecule has 0 saturated heterocycles. The van der Waals surface area contributed by atoms with E-state index in [2.05, 4.69) is 169 Å². The summed E-state index contributed by atoms with van der Waals surface area (Å²) < 4.78 is 36.4. The zero-order valence-electron chi connectivity index (χ0n) is 39.3. The average Bonchev–Trinajstić information content (AvgIpc) is 3.90. The van der Waals surface area contributed by atoms with Gasteiger partial charge < -0.3 is 14.5 Å². The van der Waals surface area contributed by atoms with Gasteiger partial charge in [0.25, 0.3) is 0 Å². The maximum Gasteiger partial charge on any atom is 0.137 e. The maximum absolute atomic E-state index is 9.32. The van der Waals surface area contributed by atoms with Crippen molar-refractivity contribution in [3.05, 3.63) is 217 Å². The molecule has 0 atom stereocenters. The Morgan fingerprint density at radius 2 is 1.17 bits per heavy atom. The first kappa shape index (κ1) is 35.7. The monoisotopic (exact) mass is 831 g/mol. The molecule has 8 aromatic carbocycles. The highest BCUT2D eigenvalue weighted by Gasteiger charge is 2.31. The molecule has 0 bridgehead atoms. The third-order valence-electron chi connectivity index (χ3n) is 12.4. The van der Waals surface area contributed by atoms with Crippen LogP contribution in [0, 0.1) is 6.92 Å². The zero-order chi connectivity index (χ0) is 46.0. The van der Waals surface area contributed by atoms with Crippen molar-refractivity contribution in [3.8, 4) is 50.7 Å². The normalized spacial score (nSPS) is 13.2. The zero-order valence-corrected chi connectivity index (χ0v) is 36.3. The topological polar surface area (TPSA) is 33.5 Å². The molecule has 0 N–H and O–H groups in total. The van der Waals surface area contributed by atoms with E-state index in [1.54, 1.807) is 6.07 Å². The first-order valence-corrected chi connectivity index (χ1v) is 21.8. The first-order chi connectivity index (χ1) is 32.5. The molecule has 5 heteroatoms. The number of pyridine rings is 1. The third-order valence-corrected chi connectivity index (χ3v) is 12.4. The summed E-state index contributed by atoms with van der Waals surface area (Å²) in [6.45, 7) is 9.18. The Bertz CT molecular complexity index is 3450. The summed E-state index contributed by atoms with van der Waals surface area (Å²) in [6, 6.07) is 62.0. The molecule has 0 fully saturated rings. The lowest BCUT2D eigenvalue weighted by Gasteiger charge is -2.27. The number of anilines is 4. The van der Waals surface area contributed by atoms with Crippen LogP contribution in [0.4, 0.5) is 22.7 Å². The van der Waals surface area contributed by atoms with Crippen molar-refractivity contribution in [2.75, 3.05) is 16.5 Å². The second-order valence-electron chi connectivity index (χ2n) is 17.5. The highest BCUT2D eigenvalue weighted by molar-refractivity contribution is 6.09. The van der Waals surface area contributed by atoms with E-state index in [0.717, 1.165) is 83.6 Å². The van der Waals surface area contributed by atoms with E-state index >= 15 is 0 Å². The molecule has 2 aromatic heterocycles. The Balaban J connectivity index is 0.984. The van der Waals surface area contributed by atoms with Gasteiger partial charge in [-0.25, -0.2) is 4.98 Å². The fourth-order valence-corrected chi connectivity index (χ4v) is 9.20. The molecule has 0 saturated carbocycles. The van der Waals surface area contributed by atoms with Crippen molar-refractivity contribution in [2.45, 2.75) is 33.1 Å². The summed E-state index contributed by atoms with van der Waals surface area (Å²) in [7, 11) is 0. The third kappa shape index (κ3) is 6.96. The van der Waals surface area contributed by atoms with Crippen LogP contribution in [0.3, 0.4) is 0 Å². The lowest BCUT2D eigenvalue weighted by Crippen LogP contribution is -2.24. The number of ether oxygens (including phenoxy) is 1. The Morgan fingerprint density at radius 3 is 1.86 bits per heavy atom. The van der Waals surface area contributed by atoms with Crippen molar-refractivity contribution in [3.63, 3.8) is 0 Å². The fourth-order valence-electron chi connectivity index (χ4n) is 9.20. The molecule has 1 aliphatic heterocycles. The molecule has 0 aliphatic carbocycles. The SMILES string of the molecule is [2H]c1c(Oc2ccc3c4ccccc4n(-c4cc(C)c(-c5ccc(C(C)(C)C)cc5)cn4)c3c2)cc(N2CN(c3c(-c4ccccc4)cccc3-c3ccccc3)c3ccccc32)c([2H])c1[2H]. The number of fused-ring (bicyclic) bond motifs is 4. The standard InChI is InChI=1S/C59H48N4O/c1-40-35-57(60-38-52(40)43-29-31-44(32-30-43)59(2,3)4)63-53-26-12-11-23-50(53)51-34-33-47(37-56(51)63)64-46-22-15-21-45(36-46)61-39-62(55-28-14-13-27-54(55)61)58-48(41-17-7-5-8-18-41)24-16-25-49(58)42-19-9-6-10-20-42/h5-38H,39H2,1-4H3/i15D,21D,22D. The van der Waals surface area contributed by atoms with Gasteiger partial charge in [0.2, 0.25) is 0 Å². The summed E-state index contributed by atoms with van der Waals surface area (Å²) in [5, 5.41) is 2.13. The molecule has 0 spiro atoms. The summed E-state index contributed by atoms with van der Waals surface area (Å²) in [5.41, 5.74) is 14.3. The number of nitrogens with zero attached hydrogens (tertiary/aromatic N) is 4. The van der Waals surface area contributed by atoms with Gasteiger partial charge in [0.1, 0.15) is 24.0 Å². The highest BCUT2D eigenvalue weighted by Crippen LogP contribution is 2.50.